The monoisotopic (exact) mass is 239 g/mol. The maximum atomic E-state index is 10.7. The van der Waals surface area contributed by atoms with Crippen LogP contribution in [0.2, 0.25) is 0 Å². The minimum atomic E-state index is -0.449. The van der Waals surface area contributed by atoms with Gasteiger partial charge in [0.2, 0.25) is 11.4 Å². The lowest BCUT2D eigenvalue weighted by Crippen LogP contribution is -2.62. The molecule has 0 heterocycles. The molecule has 0 spiro atoms. The number of benzene rings is 1. The molecule has 1 aromatic rings. The summed E-state index contributed by atoms with van der Waals surface area (Å²) in [5, 5.41) is 17.4. The van der Waals surface area contributed by atoms with Crippen LogP contribution >= 0.6 is 11.8 Å². The number of nitrogens with one attached hydrogen (secondary N) is 1. The van der Waals surface area contributed by atoms with Crippen LogP contribution in [0.15, 0.2) is 29.4 Å². The van der Waals surface area contributed by atoms with Crippen molar-refractivity contribution >= 4 is 28.8 Å². The Bertz CT molecular complexity index is 445. The normalized spacial score (nSPS) is 11.9. The molecule has 0 aliphatic carbocycles. The zero-order valence-electron chi connectivity index (χ0n) is 8.58. The van der Waals surface area contributed by atoms with E-state index in [-0.39, 0.29) is 5.69 Å². The van der Waals surface area contributed by atoms with Crippen molar-refractivity contribution in [3.8, 4) is 0 Å². The molecule has 84 valence electrons. The van der Waals surface area contributed by atoms with Gasteiger partial charge in [-0.1, -0.05) is 23.9 Å². The second-order valence-corrected chi connectivity index (χ2v) is 3.57. The van der Waals surface area contributed by atoms with Crippen molar-refractivity contribution in [3.05, 3.63) is 39.9 Å². The summed E-state index contributed by atoms with van der Waals surface area (Å²) in [6, 6.07) is 6.36. The topological polar surface area (TPSA) is 95.5 Å². The number of nitro benzene ring substituents is 1. The molecular formula is C9H11N4O2S+. The van der Waals surface area contributed by atoms with E-state index in [4.69, 9.17) is 5.73 Å². The van der Waals surface area contributed by atoms with Gasteiger partial charge >= 0.3 is 0 Å². The quantitative estimate of drug-likeness (QED) is 0.327. The molecule has 7 heteroatoms. The van der Waals surface area contributed by atoms with E-state index in [1.54, 1.807) is 24.5 Å². The molecular weight excluding hydrogens is 228 g/mol. The summed E-state index contributed by atoms with van der Waals surface area (Å²) < 4.78 is 0. The molecule has 1 rings (SSSR count). The van der Waals surface area contributed by atoms with Gasteiger partial charge in [0.25, 0.3) is 5.69 Å². The minimum Gasteiger partial charge on any atom is -0.373 e. The standard InChI is InChI=1S/C9H10N4O2S/c1-16-9(10)12-11-6-7-4-2-3-5-8(7)13(14)15/h2-6H,1H3,(H2,10,12)/p+1. The van der Waals surface area contributed by atoms with Crippen LogP contribution in [0.1, 0.15) is 5.56 Å². The fourth-order valence-corrected chi connectivity index (χ4v) is 1.13. The predicted molar refractivity (Wildman–Crippen MR) is 64.4 cm³/mol. The first-order valence-electron chi connectivity index (χ1n) is 4.34. The summed E-state index contributed by atoms with van der Waals surface area (Å²) >= 11 is 1.28. The third kappa shape index (κ3) is 3.35. The minimum absolute atomic E-state index is 0.0212. The summed E-state index contributed by atoms with van der Waals surface area (Å²) in [6.07, 6.45) is 3.21. The van der Waals surface area contributed by atoms with E-state index in [2.05, 4.69) is 10.2 Å². The lowest BCUT2D eigenvalue weighted by molar-refractivity contribution is -0.456. The second kappa shape index (κ2) is 5.86. The van der Waals surface area contributed by atoms with Crippen LogP contribution in [0.25, 0.3) is 0 Å². The SMILES string of the molecule is CSC(N)=N[NH+]=Cc1ccccc1[N+](=O)[O-]. The van der Waals surface area contributed by atoms with Crippen molar-refractivity contribution in [3.63, 3.8) is 0 Å². The number of amidine groups is 1. The van der Waals surface area contributed by atoms with Crippen LogP contribution in [0, 0.1) is 10.1 Å². The number of nitrogens with zero attached hydrogens (tertiary/aromatic N) is 2. The first kappa shape index (κ1) is 12.2. The average molecular weight is 239 g/mol. The van der Waals surface area contributed by atoms with E-state index < -0.39 is 4.92 Å². The Labute approximate surface area is 96.4 Å². The highest BCUT2D eigenvalue weighted by molar-refractivity contribution is 8.13. The third-order valence-electron chi connectivity index (χ3n) is 1.74. The summed E-state index contributed by atoms with van der Waals surface area (Å²) in [7, 11) is 0. The Kier molecular flexibility index (Phi) is 4.46. The summed E-state index contributed by atoms with van der Waals surface area (Å²) in [4.78, 5) is 10.2. The van der Waals surface area contributed by atoms with Gasteiger partial charge in [-0.25, -0.2) is 0 Å². The van der Waals surface area contributed by atoms with Gasteiger partial charge in [-0.05, 0) is 12.3 Å². The van der Waals surface area contributed by atoms with E-state index in [0.29, 0.717) is 10.7 Å². The van der Waals surface area contributed by atoms with Crippen LogP contribution in [-0.2, 0) is 0 Å². The van der Waals surface area contributed by atoms with Gasteiger partial charge in [-0.3, -0.25) is 10.1 Å². The number of nitrogens with two attached hydrogens (primary N) is 1. The van der Waals surface area contributed by atoms with Gasteiger partial charge in [0.05, 0.1) is 4.92 Å². The van der Waals surface area contributed by atoms with Crippen LogP contribution in [0.5, 0.6) is 0 Å². The molecule has 0 saturated carbocycles. The number of nitro groups is 1. The Hall–Kier alpha value is -1.89. The fourth-order valence-electron chi connectivity index (χ4n) is 0.987. The van der Waals surface area contributed by atoms with Crippen molar-refractivity contribution in [2.45, 2.75) is 0 Å². The fraction of sp³-hybridized carbons (Fsp3) is 0.111. The molecule has 1 aromatic carbocycles. The molecule has 16 heavy (non-hydrogen) atoms. The van der Waals surface area contributed by atoms with E-state index in [1.807, 2.05) is 0 Å². The number of hydrazone groups is 1. The van der Waals surface area contributed by atoms with Crippen LogP contribution < -0.4 is 10.8 Å². The summed E-state index contributed by atoms with van der Waals surface area (Å²) in [5.74, 6) is 0. The van der Waals surface area contributed by atoms with Crippen molar-refractivity contribution in [2.75, 3.05) is 6.26 Å². The number of hydrogen-bond acceptors (Lipinski definition) is 4. The van der Waals surface area contributed by atoms with E-state index in [1.165, 1.54) is 24.0 Å². The highest BCUT2D eigenvalue weighted by atomic mass is 32.2. The lowest BCUT2D eigenvalue weighted by atomic mass is 10.2. The van der Waals surface area contributed by atoms with Gasteiger partial charge in [0, 0.05) is 11.2 Å². The molecule has 3 N–H and O–H groups in total. The Morgan fingerprint density at radius 3 is 2.94 bits per heavy atom. The van der Waals surface area contributed by atoms with Gasteiger partial charge < -0.3 is 5.73 Å². The summed E-state index contributed by atoms with van der Waals surface area (Å²) in [6.45, 7) is 0. The molecule has 0 bridgehead atoms. The van der Waals surface area contributed by atoms with Crippen molar-refractivity contribution in [1.29, 1.82) is 0 Å². The molecule has 0 atom stereocenters. The maximum Gasteiger partial charge on any atom is 0.282 e. The number of rotatable bonds is 3. The molecule has 0 unspecified atom stereocenters. The van der Waals surface area contributed by atoms with Gasteiger partial charge in [0.15, 0.2) is 0 Å². The number of hydrogen-bond donors (Lipinski definition) is 2. The van der Waals surface area contributed by atoms with Crippen LogP contribution in [0.3, 0.4) is 0 Å². The van der Waals surface area contributed by atoms with E-state index in [9.17, 15) is 10.1 Å². The third-order valence-corrected chi connectivity index (χ3v) is 2.25. The highest BCUT2D eigenvalue weighted by Gasteiger charge is 2.11. The van der Waals surface area contributed by atoms with Gasteiger partial charge in [-0.2, -0.15) is 0 Å². The van der Waals surface area contributed by atoms with Gasteiger partial charge in [0.1, 0.15) is 5.56 Å². The Morgan fingerprint density at radius 1 is 1.62 bits per heavy atom. The van der Waals surface area contributed by atoms with Crippen LogP contribution in [-0.4, -0.2) is 22.6 Å². The average Bonchev–Trinajstić information content (AvgIpc) is 2.29. The molecule has 0 aromatic heterocycles. The Balaban J connectivity index is 2.93. The molecule has 0 aliphatic rings. The number of para-hydroxylation sites is 1. The first-order valence-corrected chi connectivity index (χ1v) is 5.57. The lowest BCUT2D eigenvalue weighted by Gasteiger charge is -1.92. The molecule has 0 saturated heterocycles. The highest BCUT2D eigenvalue weighted by Crippen LogP contribution is 2.14. The molecule has 0 aliphatic heterocycles. The number of thioether (sulfide) groups is 1. The van der Waals surface area contributed by atoms with Crippen LogP contribution in [0.4, 0.5) is 5.69 Å². The van der Waals surface area contributed by atoms with E-state index >= 15 is 0 Å². The molecule has 0 amide bonds. The predicted octanol–water partition coefficient (Wildman–Crippen LogP) is -0.313. The van der Waals surface area contributed by atoms with Crippen molar-refractivity contribution in [2.24, 2.45) is 10.8 Å². The van der Waals surface area contributed by atoms with Gasteiger partial charge in [-0.15, -0.1) is 5.10 Å². The summed E-state index contributed by atoms with van der Waals surface area (Å²) in [5.41, 5.74) is 5.90. The van der Waals surface area contributed by atoms with E-state index in [0.717, 1.165) is 0 Å². The molecule has 0 fully saturated rings. The Morgan fingerprint density at radius 2 is 2.31 bits per heavy atom. The zero-order valence-corrected chi connectivity index (χ0v) is 9.40. The maximum absolute atomic E-state index is 10.7. The largest absolute Gasteiger partial charge is 0.373 e. The molecule has 0 radical (unpaired) electrons. The smallest absolute Gasteiger partial charge is 0.282 e. The second-order valence-electron chi connectivity index (χ2n) is 2.74. The zero-order chi connectivity index (χ0) is 12.0. The van der Waals surface area contributed by atoms with Crippen molar-refractivity contribution in [1.82, 2.24) is 0 Å². The molecule has 6 nitrogen and oxygen atoms in total. The van der Waals surface area contributed by atoms with Crippen molar-refractivity contribution < 1.29 is 10.0 Å². The first-order chi connectivity index (χ1) is 7.65.